The molecule has 92 valence electrons. The molecular formula is C12H19N5. The Bertz CT molecular complexity index is 440. The molecule has 0 saturated heterocycles. The number of imidazole rings is 1. The fourth-order valence-electron chi connectivity index (χ4n) is 1.57. The summed E-state index contributed by atoms with van der Waals surface area (Å²) in [6.07, 6.45) is 7.27. The van der Waals surface area contributed by atoms with Gasteiger partial charge in [0.1, 0.15) is 5.71 Å². The molecule has 0 aliphatic carbocycles. The van der Waals surface area contributed by atoms with E-state index in [4.69, 9.17) is 5.84 Å². The van der Waals surface area contributed by atoms with Crippen LogP contribution >= 0.6 is 0 Å². The molecule has 1 aromatic heterocycles. The molecule has 2 N–H and O–H groups in total. The van der Waals surface area contributed by atoms with Crippen molar-refractivity contribution in [2.75, 3.05) is 6.54 Å². The van der Waals surface area contributed by atoms with Crippen molar-refractivity contribution in [2.24, 2.45) is 15.9 Å². The molecule has 0 aromatic carbocycles. The number of hydrogen-bond donors (Lipinski definition) is 1. The summed E-state index contributed by atoms with van der Waals surface area (Å²) in [6.45, 7) is 7.56. The lowest BCUT2D eigenvalue weighted by molar-refractivity contribution is 0.753. The largest absolute Gasteiger partial charge is 0.331 e. The normalized spacial score (nSPS) is 13.6. The van der Waals surface area contributed by atoms with E-state index < -0.39 is 0 Å². The van der Waals surface area contributed by atoms with Crippen molar-refractivity contribution >= 4 is 17.5 Å². The molecule has 0 aliphatic rings. The number of aryl methyl sites for hydroxylation is 1. The van der Waals surface area contributed by atoms with E-state index >= 15 is 0 Å². The van der Waals surface area contributed by atoms with Crippen molar-refractivity contribution in [3.8, 4) is 0 Å². The van der Waals surface area contributed by atoms with Gasteiger partial charge < -0.3 is 10.4 Å². The number of hydrazone groups is 1. The van der Waals surface area contributed by atoms with E-state index in [1.165, 1.54) is 0 Å². The van der Waals surface area contributed by atoms with E-state index in [9.17, 15) is 0 Å². The molecule has 5 heteroatoms. The fraction of sp³-hybridized carbons (Fsp3) is 0.417. The Morgan fingerprint density at radius 1 is 1.53 bits per heavy atom. The zero-order chi connectivity index (χ0) is 12.7. The summed E-state index contributed by atoms with van der Waals surface area (Å²) in [6, 6.07) is 0. The number of nitrogens with two attached hydrogens (primary N) is 1. The standard InChI is InChI=1S/C12H19N5/c1-4-10(11(16-13)7-14-5-2)12-8-15-9-17(12)6-3/h4,7-9H,5-6,13H2,1-3H3/b10-4-,14-7?,16-11+. The first-order valence-corrected chi connectivity index (χ1v) is 5.73. The quantitative estimate of drug-likeness (QED) is 0.478. The summed E-state index contributed by atoms with van der Waals surface area (Å²) in [7, 11) is 0. The second kappa shape index (κ2) is 6.62. The van der Waals surface area contributed by atoms with Gasteiger partial charge in [0, 0.05) is 24.9 Å². The number of aliphatic imine (C=N–C) groups is 1. The predicted octanol–water partition coefficient (Wildman–Crippen LogP) is 1.71. The third-order valence-corrected chi connectivity index (χ3v) is 2.43. The number of hydrogen-bond acceptors (Lipinski definition) is 4. The first-order valence-electron chi connectivity index (χ1n) is 5.73. The van der Waals surface area contributed by atoms with Gasteiger partial charge in [0.15, 0.2) is 0 Å². The van der Waals surface area contributed by atoms with Crippen LogP contribution in [0.1, 0.15) is 26.5 Å². The van der Waals surface area contributed by atoms with Gasteiger partial charge in [0.2, 0.25) is 0 Å². The minimum absolute atomic E-state index is 0.671. The molecular weight excluding hydrogens is 214 g/mol. The van der Waals surface area contributed by atoms with Gasteiger partial charge in [-0.1, -0.05) is 6.08 Å². The maximum absolute atomic E-state index is 5.41. The zero-order valence-electron chi connectivity index (χ0n) is 10.6. The van der Waals surface area contributed by atoms with E-state index in [0.29, 0.717) is 12.3 Å². The van der Waals surface area contributed by atoms with Crippen LogP contribution in [0.3, 0.4) is 0 Å². The van der Waals surface area contributed by atoms with E-state index in [2.05, 4.69) is 22.0 Å². The van der Waals surface area contributed by atoms with Crippen molar-refractivity contribution in [2.45, 2.75) is 27.3 Å². The van der Waals surface area contributed by atoms with Crippen LogP contribution < -0.4 is 5.84 Å². The lowest BCUT2D eigenvalue weighted by Gasteiger charge is -2.08. The highest BCUT2D eigenvalue weighted by molar-refractivity contribution is 6.50. The summed E-state index contributed by atoms with van der Waals surface area (Å²) in [5.74, 6) is 5.41. The molecule has 1 rings (SSSR count). The van der Waals surface area contributed by atoms with Gasteiger partial charge in [-0.15, -0.1) is 0 Å². The van der Waals surface area contributed by atoms with Crippen molar-refractivity contribution in [1.82, 2.24) is 9.55 Å². The second-order valence-corrected chi connectivity index (χ2v) is 3.41. The average molecular weight is 233 g/mol. The summed E-state index contributed by atoms with van der Waals surface area (Å²) < 4.78 is 2.04. The first-order chi connectivity index (χ1) is 8.28. The van der Waals surface area contributed by atoms with Gasteiger partial charge in [-0.3, -0.25) is 4.99 Å². The Morgan fingerprint density at radius 3 is 2.82 bits per heavy atom. The van der Waals surface area contributed by atoms with Gasteiger partial charge in [-0.05, 0) is 20.8 Å². The maximum Gasteiger partial charge on any atom is 0.109 e. The Morgan fingerprint density at radius 2 is 2.29 bits per heavy atom. The van der Waals surface area contributed by atoms with E-state index in [0.717, 1.165) is 17.8 Å². The summed E-state index contributed by atoms with van der Waals surface area (Å²) in [5, 5.41) is 3.79. The molecule has 0 unspecified atom stereocenters. The highest BCUT2D eigenvalue weighted by atomic mass is 15.1. The average Bonchev–Trinajstić information content (AvgIpc) is 2.82. The van der Waals surface area contributed by atoms with Gasteiger partial charge in [0.05, 0.1) is 18.2 Å². The van der Waals surface area contributed by atoms with Crippen LogP contribution in [0.15, 0.2) is 28.7 Å². The minimum Gasteiger partial charge on any atom is -0.331 e. The predicted molar refractivity (Wildman–Crippen MR) is 72.2 cm³/mol. The molecule has 0 bridgehead atoms. The Balaban J connectivity index is 3.12. The molecule has 0 radical (unpaired) electrons. The number of aromatic nitrogens is 2. The molecule has 1 aromatic rings. The van der Waals surface area contributed by atoms with Crippen LogP contribution in [0.5, 0.6) is 0 Å². The van der Waals surface area contributed by atoms with E-state index in [1.807, 2.05) is 30.7 Å². The monoisotopic (exact) mass is 233 g/mol. The Hall–Kier alpha value is -1.91. The molecule has 0 amide bonds. The molecule has 1 heterocycles. The zero-order valence-corrected chi connectivity index (χ0v) is 10.6. The third kappa shape index (κ3) is 3.03. The van der Waals surface area contributed by atoms with Gasteiger partial charge in [-0.25, -0.2) is 4.98 Å². The second-order valence-electron chi connectivity index (χ2n) is 3.41. The molecule has 0 spiro atoms. The van der Waals surface area contributed by atoms with Crippen LogP contribution in [-0.2, 0) is 6.54 Å². The maximum atomic E-state index is 5.41. The highest BCUT2D eigenvalue weighted by Crippen LogP contribution is 2.15. The van der Waals surface area contributed by atoms with Crippen molar-refractivity contribution in [3.05, 3.63) is 24.3 Å². The summed E-state index contributed by atoms with van der Waals surface area (Å²) >= 11 is 0. The molecule has 0 saturated carbocycles. The van der Waals surface area contributed by atoms with Crippen LogP contribution in [0.2, 0.25) is 0 Å². The van der Waals surface area contributed by atoms with Crippen LogP contribution in [0.4, 0.5) is 0 Å². The number of rotatable bonds is 5. The molecule has 0 atom stereocenters. The van der Waals surface area contributed by atoms with Crippen molar-refractivity contribution in [3.63, 3.8) is 0 Å². The minimum atomic E-state index is 0.671. The van der Waals surface area contributed by atoms with Crippen LogP contribution in [0.25, 0.3) is 5.57 Å². The van der Waals surface area contributed by atoms with Gasteiger partial charge in [-0.2, -0.15) is 5.10 Å². The van der Waals surface area contributed by atoms with Crippen molar-refractivity contribution in [1.29, 1.82) is 0 Å². The number of nitrogens with zero attached hydrogens (tertiary/aromatic N) is 4. The SMILES string of the molecule is C/C=C(/C(C=NCC)=N/N)c1cncn1CC. The smallest absolute Gasteiger partial charge is 0.109 e. The molecule has 0 aliphatic heterocycles. The van der Waals surface area contributed by atoms with Crippen LogP contribution in [0, 0.1) is 0 Å². The molecule has 0 fully saturated rings. The number of allylic oxidation sites excluding steroid dienone is 2. The van der Waals surface area contributed by atoms with Crippen molar-refractivity contribution < 1.29 is 0 Å². The molecule has 17 heavy (non-hydrogen) atoms. The fourth-order valence-corrected chi connectivity index (χ4v) is 1.57. The van der Waals surface area contributed by atoms with Gasteiger partial charge in [0.25, 0.3) is 0 Å². The molecule has 5 nitrogen and oxygen atoms in total. The first kappa shape index (κ1) is 13.2. The Kier molecular flexibility index (Phi) is 5.13. The van der Waals surface area contributed by atoms with E-state index in [1.54, 1.807) is 12.5 Å². The summed E-state index contributed by atoms with van der Waals surface area (Å²) in [5.41, 5.74) is 2.62. The van der Waals surface area contributed by atoms with Crippen LogP contribution in [-0.4, -0.2) is 28.0 Å². The lowest BCUT2D eigenvalue weighted by atomic mass is 10.1. The van der Waals surface area contributed by atoms with Gasteiger partial charge >= 0.3 is 0 Å². The van der Waals surface area contributed by atoms with E-state index in [-0.39, 0.29) is 0 Å². The highest BCUT2D eigenvalue weighted by Gasteiger charge is 2.11. The Labute approximate surface area is 102 Å². The lowest BCUT2D eigenvalue weighted by Crippen LogP contribution is -2.10. The topological polar surface area (TPSA) is 68.6 Å². The summed E-state index contributed by atoms with van der Waals surface area (Å²) in [4.78, 5) is 8.31. The third-order valence-electron chi connectivity index (χ3n) is 2.43.